The van der Waals surface area contributed by atoms with Gasteiger partial charge in [0, 0.05) is 24.5 Å². The molecule has 0 aliphatic carbocycles. The van der Waals surface area contributed by atoms with Crippen molar-refractivity contribution in [1.82, 2.24) is 9.55 Å². The van der Waals surface area contributed by atoms with Crippen molar-refractivity contribution in [2.24, 2.45) is 5.92 Å². The van der Waals surface area contributed by atoms with Crippen LogP contribution in [0.15, 0.2) is 48.8 Å². The van der Waals surface area contributed by atoms with Gasteiger partial charge in [-0.2, -0.15) is 0 Å². The third-order valence-corrected chi connectivity index (χ3v) is 4.89. The van der Waals surface area contributed by atoms with Crippen LogP contribution < -0.4 is 9.47 Å². The van der Waals surface area contributed by atoms with Gasteiger partial charge in [0.15, 0.2) is 0 Å². The normalized spacial score (nSPS) is 11.0. The van der Waals surface area contributed by atoms with Gasteiger partial charge in [0.25, 0.3) is 0 Å². The first-order chi connectivity index (χ1) is 14.9. The Kier molecular flexibility index (Phi) is 7.45. The zero-order valence-electron chi connectivity index (χ0n) is 18.5. The van der Waals surface area contributed by atoms with E-state index in [1.165, 1.54) is 0 Å². The number of halogens is 1. The molecule has 3 rings (SSSR count). The van der Waals surface area contributed by atoms with E-state index in [9.17, 15) is 4.79 Å². The Hall–Kier alpha value is -3.15. The summed E-state index contributed by atoms with van der Waals surface area (Å²) in [5.41, 5.74) is 0.595. The number of rotatable bonds is 9. The molecular weight excluding hydrogens is 395 g/mol. The minimum atomic E-state index is -0.647. The second-order valence-corrected chi connectivity index (χ2v) is 7.94. The van der Waals surface area contributed by atoms with Gasteiger partial charge >= 0.3 is 5.97 Å². The number of carbonyl (C=O) groups excluding carboxylic acids is 1. The summed E-state index contributed by atoms with van der Waals surface area (Å²) in [7, 11) is 0. The topological polar surface area (TPSA) is 53.4 Å². The zero-order chi connectivity index (χ0) is 22.4. The number of nitrogens with zero attached hydrogens (tertiary/aromatic N) is 2. The summed E-state index contributed by atoms with van der Waals surface area (Å²) in [6, 6.07) is 10.3. The minimum absolute atomic E-state index is 0.100. The van der Waals surface area contributed by atoms with Crippen molar-refractivity contribution in [2.45, 2.75) is 47.1 Å². The molecular formula is C25H29FN2O3. The highest BCUT2D eigenvalue weighted by Gasteiger charge is 2.26. The first-order valence-corrected chi connectivity index (χ1v) is 10.7. The molecule has 0 aliphatic rings. The smallest absolute Gasteiger partial charge is 0.347 e. The van der Waals surface area contributed by atoms with Gasteiger partial charge in [0.2, 0.25) is 0 Å². The van der Waals surface area contributed by atoms with Crippen LogP contribution >= 0.6 is 0 Å². The van der Waals surface area contributed by atoms with Crippen LogP contribution in [-0.4, -0.2) is 22.1 Å². The number of benzene rings is 2. The number of esters is 1. The number of ether oxygens (including phenoxy) is 2. The lowest BCUT2D eigenvalue weighted by molar-refractivity contribution is 0.0728. The summed E-state index contributed by atoms with van der Waals surface area (Å²) in [5.74, 6) is 0.436. The number of aromatic nitrogens is 2. The Balaban J connectivity index is 2.06. The van der Waals surface area contributed by atoms with E-state index in [2.05, 4.69) is 25.8 Å². The molecule has 0 aliphatic heterocycles. The first-order valence-electron chi connectivity index (χ1n) is 10.7. The largest absolute Gasteiger partial charge is 0.493 e. The molecule has 5 nitrogen and oxygen atoms in total. The van der Waals surface area contributed by atoms with Crippen molar-refractivity contribution in [1.29, 1.82) is 0 Å². The standard InChI is InChI=1S/C25H29FN2O3/c1-5-6-14-30-21-15-20(24-27-12-13-28(24)16-17(2)3)23(26)18(4)22(21)25(29)31-19-10-8-7-9-11-19/h7-13,15,17H,5-6,14,16H2,1-4H3. The summed E-state index contributed by atoms with van der Waals surface area (Å²) in [6.07, 6.45) is 5.25. The van der Waals surface area contributed by atoms with Crippen LogP contribution in [0.2, 0.25) is 0 Å². The van der Waals surface area contributed by atoms with E-state index in [0.29, 0.717) is 42.0 Å². The maximum absolute atomic E-state index is 15.5. The first kappa shape index (κ1) is 22.5. The van der Waals surface area contributed by atoms with Crippen LogP contribution in [0.3, 0.4) is 0 Å². The number of hydrogen-bond donors (Lipinski definition) is 0. The Morgan fingerprint density at radius 3 is 2.65 bits per heavy atom. The van der Waals surface area contributed by atoms with E-state index in [-0.39, 0.29) is 11.1 Å². The number of imidazole rings is 1. The van der Waals surface area contributed by atoms with E-state index in [4.69, 9.17) is 9.47 Å². The average Bonchev–Trinajstić information content (AvgIpc) is 3.18. The Bertz CT molecular complexity index is 1030. The molecule has 0 saturated heterocycles. The third-order valence-electron chi connectivity index (χ3n) is 4.89. The van der Waals surface area contributed by atoms with Crippen molar-refractivity contribution in [2.75, 3.05) is 6.61 Å². The summed E-state index contributed by atoms with van der Waals surface area (Å²) in [5, 5.41) is 0. The van der Waals surface area contributed by atoms with Crippen molar-refractivity contribution in [3.63, 3.8) is 0 Å². The Morgan fingerprint density at radius 2 is 1.97 bits per heavy atom. The predicted octanol–water partition coefficient (Wildman–Crippen LogP) is 6.05. The molecule has 0 radical (unpaired) electrons. The maximum Gasteiger partial charge on any atom is 0.347 e. The highest BCUT2D eigenvalue weighted by Crippen LogP contribution is 2.34. The molecule has 0 N–H and O–H groups in total. The molecule has 1 heterocycles. The predicted molar refractivity (Wildman–Crippen MR) is 119 cm³/mol. The van der Waals surface area contributed by atoms with E-state index in [1.54, 1.807) is 43.5 Å². The molecule has 0 bridgehead atoms. The molecule has 6 heteroatoms. The highest BCUT2D eigenvalue weighted by atomic mass is 19.1. The van der Waals surface area contributed by atoms with E-state index < -0.39 is 11.8 Å². The van der Waals surface area contributed by atoms with E-state index in [1.807, 2.05) is 16.8 Å². The van der Waals surface area contributed by atoms with Gasteiger partial charge in [-0.25, -0.2) is 14.2 Å². The quantitative estimate of drug-likeness (QED) is 0.238. The molecule has 0 spiro atoms. The van der Waals surface area contributed by atoms with Crippen molar-refractivity contribution in [3.05, 3.63) is 65.7 Å². The second kappa shape index (κ2) is 10.2. The van der Waals surface area contributed by atoms with Gasteiger partial charge < -0.3 is 14.0 Å². The summed E-state index contributed by atoms with van der Waals surface area (Å²) < 4.78 is 28.8. The fourth-order valence-corrected chi connectivity index (χ4v) is 3.36. The molecule has 0 fully saturated rings. The third kappa shape index (κ3) is 5.32. The molecule has 1 aromatic heterocycles. The monoisotopic (exact) mass is 424 g/mol. The molecule has 31 heavy (non-hydrogen) atoms. The van der Waals surface area contributed by atoms with E-state index >= 15 is 4.39 Å². The van der Waals surface area contributed by atoms with Gasteiger partial charge in [-0.15, -0.1) is 0 Å². The average molecular weight is 425 g/mol. The van der Waals surface area contributed by atoms with E-state index in [0.717, 1.165) is 12.8 Å². The SMILES string of the molecule is CCCCOc1cc(-c2nccn2CC(C)C)c(F)c(C)c1C(=O)Oc1ccccc1. The summed E-state index contributed by atoms with van der Waals surface area (Å²) in [6.45, 7) is 8.94. The Morgan fingerprint density at radius 1 is 1.23 bits per heavy atom. The lowest BCUT2D eigenvalue weighted by Crippen LogP contribution is -2.15. The summed E-state index contributed by atoms with van der Waals surface area (Å²) >= 11 is 0. The second-order valence-electron chi connectivity index (χ2n) is 7.94. The number of unbranched alkanes of at least 4 members (excludes halogenated alkanes) is 1. The fourth-order valence-electron chi connectivity index (χ4n) is 3.36. The van der Waals surface area contributed by atoms with Crippen LogP contribution in [-0.2, 0) is 6.54 Å². The molecule has 0 amide bonds. The van der Waals surface area contributed by atoms with Crippen LogP contribution in [0.25, 0.3) is 11.4 Å². The van der Waals surface area contributed by atoms with Crippen LogP contribution in [0.5, 0.6) is 11.5 Å². The van der Waals surface area contributed by atoms with Crippen LogP contribution in [0.1, 0.15) is 49.5 Å². The van der Waals surface area contributed by atoms with Crippen LogP contribution in [0.4, 0.5) is 4.39 Å². The van der Waals surface area contributed by atoms with Gasteiger partial charge in [-0.05, 0) is 37.5 Å². The minimum Gasteiger partial charge on any atom is -0.493 e. The molecule has 2 aromatic carbocycles. The molecule has 0 saturated carbocycles. The lowest BCUT2D eigenvalue weighted by atomic mass is 10.0. The highest BCUT2D eigenvalue weighted by molar-refractivity contribution is 5.96. The van der Waals surface area contributed by atoms with Gasteiger partial charge in [-0.3, -0.25) is 0 Å². The molecule has 0 unspecified atom stereocenters. The number of carbonyl (C=O) groups is 1. The van der Waals surface area contributed by atoms with Gasteiger partial charge in [0.1, 0.15) is 28.7 Å². The molecule has 0 atom stereocenters. The van der Waals surface area contributed by atoms with Gasteiger partial charge in [-0.1, -0.05) is 45.4 Å². The van der Waals surface area contributed by atoms with Crippen molar-refractivity contribution < 1.29 is 18.7 Å². The Labute approximate surface area is 182 Å². The lowest BCUT2D eigenvalue weighted by Gasteiger charge is -2.17. The molecule has 3 aromatic rings. The van der Waals surface area contributed by atoms with Crippen LogP contribution in [0, 0.1) is 18.7 Å². The van der Waals surface area contributed by atoms with Crippen molar-refractivity contribution >= 4 is 5.97 Å². The van der Waals surface area contributed by atoms with Gasteiger partial charge in [0.05, 0.1) is 12.2 Å². The van der Waals surface area contributed by atoms with Crippen molar-refractivity contribution in [3.8, 4) is 22.9 Å². The number of hydrogen-bond acceptors (Lipinski definition) is 4. The zero-order valence-corrected chi connectivity index (χ0v) is 18.5. The maximum atomic E-state index is 15.5. The summed E-state index contributed by atoms with van der Waals surface area (Å²) in [4.78, 5) is 17.3. The fraction of sp³-hybridized carbons (Fsp3) is 0.360. The molecule has 164 valence electrons. The number of para-hydroxylation sites is 1.